The van der Waals surface area contributed by atoms with E-state index in [1.165, 1.54) is 22.8 Å². The van der Waals surface area contributed by atoms with Crippen LogP contribution in [0.2, 0.25) is 0 Å². The van der Waals surface area contributed by atoms with Gasteiger partial charge in [0.05, 0.1) is 7.11 Å². The molecule has 2 aromatic carbocycles. The zero-order valence-corrected chi connectivity index (χ0v) is 13.4. The van der Waals surface area contributed by atoms with E-state index in [-0.39, 0.29) is 0 Å². The molecule has 0 amide bonds. The molecule has 0 saturated heterocycles. The molecule has 2 nitrogen and oxygen atoms in total. The minimum absolute atomic E-state index is 0.343. The molecular formula is C19H25NO. The maximum absolute atomic E-state index is 5.30. The molecule has 1 aliphatic rings. The van der Waals surface area contributed by atoms with Crippen LogP contribution in [-0.2, 0) is 5.41 Å². The molecule has 3 rings (SSSR count). The predicted molar refractivity (Wildman–Crippen MR) is 89.1 cm³/mol. The third kappa shape index (κ3) is 2.77. The summed E-state index contributed by atoms with van der Waals surface area (Å²) >= 11 is 0. The Hall–Kier alpha value is -1.54. The normalized spacial score (nSPS) is 24.5. The number of nitrogens with one attached hydrogen (secondary N) is 1. The quantitative estimate of drug-likeness (QED) is 0.891. The molecule has 2 unspecified atom stereocenters. The molecule has 1 saturated carbocycles. The number of fused-ring (bicyclic) bond motifs is 1. The van der Waals surface area contributed by atoms with Crippen molar-refractivity contribution in [3.05, 3.63) is 42.0 Å². The maximum atomic E-state index is 5.30. The lowest BCUT2D eigenvalue weighted by atomic mass is 9.93. The first-order valence-electron chi connectivity index (χ1n) is 7.84. The van der Waals surface area contributed by atoms with E-state index in [0.717, 1.165) is 18.2 Å². The Morgan fingerprint density at radius 1 is 1.19 bits per heavy atom. The number of benzene rings is 2. The summed E-state index contributed by atoms with van der Waals surface area (Å²) in [5.41, 5.74) is 1.81. The van der Waals surface area contributed by atoms with Crippen molar-refractivity contribution < 1.29 is 4.74 Å². The Labute approximate surface area is 127 Å². The van der Waals surface area contributed by atoms with Crippen LogP contribution >= 0.6 is 0 Å². The minimum atomic E-state index is 0.343. The summed E-state index contributed by atoms with van der Waals surface area (Å²) in [5.74, 6) is 1.68. The van der Waals surface area contributed by atoms with E-state index in [1.807, 2.05) is 6.07 Å². The van der Waals surface area contributed by atoms with E-state index in [4.69, 9.17) is 4.74 Å². The zero-order chi connectivity index (χ0) is 15.0. The first-order chi connectivity index (χ1) is 10.0. The smallest absolute Gasteiger partial charge is 0.119 e. The molecule has 0 radical (unpaired) electrons. The van der Waals surface area contributed by atoms with E-state index >= 15 is 0 Å². The van der Waals surface area contributed by atoms with Gasteiger partial charge in [-0.1, -0.05) is 45.0 Å². The van der Waals surface area contributed by atoms with Crippen molar-refractivity contribution in [1.82, 2.24) is 5.32 Å². The largest absolute Gasteiger partial charge is 0.497 e. The summed E-state index contributed by atoms with van der Waals surface area (Å²) in [5, 5.41) is 6.12. The standard InChI is InChI=1S/C19H25NO/c1-13(2)20-12-17-11-19(17,3)16-7-5-15-10-18(21-4)8-6-14(15)9-16/h5-10,13,17,20H,11-12H2,1-4H3. The minimum Gasteiger partial charge on any atom is -0.497 e. The van der Waals surface area contributed by atoms with Crippen molar-refractivity contribution in [2.24, 2.45) is 5.92 Å². The van der Waals surface area contributed by atoms with Gasteiger partial charge in [-0.15, -0.1) is 0 Å². The topological polar surface area (TPSA) is 21.3 Å². The molecule has 0 bridgehead atoms. The van der Waals surface area contributed by atoms with Crippen molar-refractivity contribution >= 4 is 10.8 Å². The monoisotopic (exact) mass is 283 g/mol. The fourth-order valence-electron chi connectivity index (χ4n) is 3.19. The van der Waals surface area contributed by atoms with E-state index in [9.17, 15) is 0 Å². The van der Waals surface area contributed by atoms with Gasteiger partial charge in [-0.25, -0.2) is 0 Å². The highest BCUT2D eigenvalue weighted by Gasteiger charge is 2.50. The van der Waals surface area contributed by atoms with E-state index in [2.05, 4.69) is 56.4 Å². The molecule has 0 aromatic heterocycles. The van der Waals surface area contributed by atoms with Crippen LogP contribution in [0, 0.1) is 5.92 Å². The van der Waals surface area contributed by atoms with Gasteiger partial charge >= 0.3 is 0 Å². The highest BCUT2D eigenvalue weighted by Crippen LogP contribution is 2.54. The Balaban J connectivity index is 1.82. The highest BCUT2D eigenvalue weighted by atomic mass is 16.5. The second-order valence-electron chi connectivity index (χ2n) is 6.81. The molecule has 112 valence electrons. The maximum Gasteiger partial charge on any atom is 0.119 e. The van der Waals surface area contributed by atoms with Gasteiger partial charge in [0, 0.05) is 6.04 Å². The van der Waals surface area contributed by atoms with Gasteiger partial charge in [0.15, 0.2) is 0 Å². The SMILES string of the molecule is COc1ccc2cc(C3(C)CC3CNC(C)C)ccc2c1. The van der Waals surface area contributed by atoms with Gasteiger partial charge in [-0.2, -0.15) is 0 Å². The molecule has 1 aliphatic carbocycles. The molecule has 0 spiro atoms. The van der Waals surface area contributed by atoms with Crippen molar-refractivity contribution in [3.63, 3.8) is 0 Å². The summed E-state index contributed by atoms with van der Waals surface area (Å²) in [7, 11) is 1.72. The average Bonchev–Trinajstić information content (AvgIpc) is 3.16. The second kappa shape index (κ2) is 5.34. The van der Waals surface area contributed by atoms with Crippen LogP contribution in [0.1, 0.15) is 32.8 Å². The molecular weight excluding hydrogens is 258 g/mol. The summed E-state index contributed by atoms with van der Waals surface area (Å²) in [6.07, 6.45) is 1.29. The van der Waals surface area contributed by atoms with E-state index in [1.54, 1.807) is 7.11 Å². The molecule has 2 heteroatoms. The van der Waals surface area contributed by atoms with Crippen molar-refractivity contribution in [3.8, 4) is 5.75 Å². The summed E-state index contributed by atoms with van der Waals surface area (Å²) in [6, 6.07) is 13.7. The van der Waals surface area contributed by atoms with Crippen LogP contribution in [0.4, 0.5) is 0 Å². The summed E-state index contributed by atoms with van der Waals surface area (Å²) < 4.78 is 5.30. The Bertz CT molecular complexity index is 649. The molecule has 21 heavy (non-hydrogen) atoms. The zero-order valence-electron chi connectivity index (χ0n) is 13.4. The lowest BCUT2D eigenvalue weighted by molar-refractivity contribution is 0.415. The van der Waals surface area contributed by atoms with Crippen LogP contribution in [0.3, 0.4) is 0 Å². The fourth-order valence-corrected chi connectivity index (χ4v) is 3.19. The first kappa shape index (κ1) is 14.4. The molecule has 2 aromatic rings. The van der Waals surface area contributed by atoms with E-state index in [0.29, 0.717) is 11.5 Å². The molecule has 2 atom stereocenters. The van der Waals surface area contributed by atoms with Gasteiger partial charge in [0.1, 0.15) is 5.75 Å². The fraction of sp³-hybridized carbons (Fsp3) is 0.474. The lowest BCUT2D eigenvalue weighted by Gasteiger charge is -2.15. The third-order valence-corrected chi connectivity index (χ3v) is 4.89. The summed E-state index contributed by atoms with van der Waals surface area (Å²) in [6.45, 7) is 7.94. The van der Waals surface area contributed by atoms with Crippen LogP contribution in [-0.4, -0.2) is 19.7 Å². The molecule has 1 fully saturated rings. The second-order valence-corrected chi connectivity index (χ2v) is 6.81. The van der Waals surface area contributed by atoms with Gasteiger partial charge in [-0.3, -0.25) is 0 Å². The van der Waals surface area contributed by atoms with Crippen LogP contribution in [0.25, 0.3) is 10.8 Å². The number of methoxy groups -OCH3 is 1. The average molecular weight is 283 g/mol. The predicted octanol–water partition coefficient (Wildman–Crippen LogP) is 4.12. The Morgan fingerprint density at radius 3 is 2.62 bits per heavy atom. The van der Waals surface area contributed by atoms with Crippen molar-refractivity contribution in [1.29, 1.82) is 0 Å². The van der Waals surface area contributed by atoms with Crippen molar-refractivity contribution in [2.75, 3.05) is 13.7 Å². The lowest BCUT2D eigenvalue weighted by Crippen LogP contribution is -2.26. The van der Waals surface area contributed by atoms with Gasteiger partial charge in [-0.05, 0) is 52.8 Å². The van der Waals surface area contributed by atoms with E-state index < -0.39 is 0 Å². The molecule has 0 aliphatic heterocycles. The van der Waals surface area contributed by atoms with Gasteiger partial charge in [0.25, 0.3) is 0 Å². The summed E-state index contributed by atoms with van der Waals surface area (Å²) in [4.78, 5) is 0. The van der Waals surface area contributed by atoms with Crippen LogP contribution in [0.5, 0.6) is 5.75 Å². The highest BCUT2D eigenvalue weighted by molar-refractivity contribution is 5.85. The molecule has 0 heterocycles. The van der Waals surface area contributed by atoms with Crippen LogP contribution < -0.4 is 10.1 Å². The number of rotatable bonds is 5. The van der Waals surface area contributed by atoms with Crippen molar-refractivity contribution in [2.45, 2.75) is 38.6 Å². The Morgan fingerprint density at radius 2 is 1.90 bits per heavy atom. The first-order valence-corrected chi connectivity index (χ1v) is 7.84. The van der Waals surface area contributed by atoms with Crippen LogP contribution in [0.15, 0.2) is 36.4 Å². The molecule has 1 N–H and O–H groups in total. The Kier molecular flexibility index (Phi) is 3.66. The number of hydrogen-bond acceptors (Lipinski definition) is 2. The van der Waals surface area contributed by atoms with Gasteiger partial charge < -0.3 is 10.1 Å². The van der Waals surface area contributed by atoms with Gasteiger partial charge in [0.2, 0.25) is 0 Å². The number of ether oxygens (including phenoxy) is 1. The number of hydrogen-bond donors (Lipinski definition) is 1. The third-order valence-electron chi connectivity index (χ3n) is 4.89.